The van der Waals surface area contributed by atoms with Gasteiger partial charge in [0.1, 0.15) is 12.6 Å². The minimum Gasteiger partial charge on any atom is -0.445 e. The molecule has 1 aromatic carbocycles. The number of hydrogen-bond acceptors (Lipinski definition) is 6. The van der Waals surface area contributed by atoms with E-state index in [0.29, 0.717) is 38.6 Å². The lowest BCUT2D eigenvalue weighted by Gasteiger charge is -2.24. The highest BCUT2D eigenvalue weighted by Gasteiger charge is 2.27. The molecule has 1 radical (unpaired) electrons. The second-order valence-corrected chi connectivity index (χ2v) is 9.27. The smallest absolute Gasteiger partial charge is 0.407 e. The van der Waals surface area contributed by atoms with E-state index < -0.39 is 36.0 Å². The van der Waals surface area contributed by atoms with Crippen LogP contribution < -0.4 is 21.7 Å². The van der Waals surface area contributed by atoms with Crippen molar-refractivity contribution in [2.45, 2.75) is 84.5 Å². The molecule has 0 aliphatic rings. The molecule has 4 atom stereocenters. The van der Waals surface area contributed by atoms with Gasteiger partial charge in [0.2, 0.25) is 18.1 Å². The number of carbonyl (C=O) groups excluding carboxylic acids is 4. The highest BCUT2D eigenvalue weighted by atomic mass is 16.5. The SMILES string of the molecule is CC[C@H](C)[C@@H]([C]=O)NC(=O)[C@@H](CCCCNC(=O)OCc1ccccc1)NC(=O)[C@@H](N)CC(C)C. The molecule has 0 aromatic heterocycles. The maximum atomic E-state index is 12.9. The van der Waals surface area contributed by atoms with Gasteiger partial charge in [-0.15, -0.1) is 0 Å². The fraction of sp³-hybridized carbons (Fsp3) is 0.615. The second kappa shape index (κ2) is 16.6. The summed E-state index contributed by atoms with van der Waals surface area (Å²) in [4.78, 5) is 48.6. The van der Waals surface area contributed by atoms with E-state index in [9.17, 15) is 19.2 Å². The second-order valence-electron chi connectivity index (χ2n) is 9.27. The van der Waals surface area contributed by atoms with Gasteiger partial charge in [-0.3, -0.25) is 14.4 Å². The highest BCUT2D eigenvalue weighted by Crippen LogP contribution is 2.09. The van der Waals surface area contributed by atoms with Gasteiger partial charge in [0.05, 0.1) is 12.1 Å². The summed E-state index contributed by atoms with van der Waals surface area (Å²) in [6.07, 6.45) is 4.00. The normalized spacial score (nSPS) is 14.3. The zero-order valence-electron chi connectivity index (χ0n) is 21.3. The maximum Gasteiger partial charge on any atom is 0.407 e. The minimum atomic E-state index is -0.842. The summed E-state index contributed by atoms with van der Waals surface area (Å²) in [5, 5.41) is 8.09. The van der Waals surface area contributed by atoms with Crippen LogP contribution in [0.25, 0.3) is 0 Å². The summed E-state index contributed by atoms with van der Waals surface area (Å²) >= 11 is 0. The topological polar surface area (TPSA) is 140 Å². The van der Waals surface area contributed by atoms with Crippen LogP contribution in [0.2, 0.25) is 0 Å². The number of alkyl carbamates (subject to hydrolysis) is 1. The average Bonchev–Trinajstić information content (AvgIpc) is 2.84. The largest absolute Gasteiger partial charge is 0.445 e. The number of unbranched alkanes of at least 4 members (excludes halogenated alkanes) is 1. The van der Waals surface area contributed by atoms with Gasteiger partial charge in [-0.25, -0.2) is 4.79 Å². The molecular formula is C26H41N4O5. The fourth-order valence-electron chi connectivity index (χ4n) is 3.38. The molecule has 0 unspecified atom stereocenters. The van der Waals surface area contributed by atoms with Crippen molar-refractivity contribution in [3.8, 4) is 0 Å². The van der Waals surface area contributed by atoms with Crippen molar-refractivity contribution in [3.63, 3.8) is 0 Å². The lowest BCUT2D eigenvalue weighted by Crippen LogP contribution is -2.54. The van der Waals surface area contributed by atoms with Crippen LogP contribution in [0.5, 0.6) is 0 Å². The minimum absolute atomic E-state index is 0.0814. The van der Waals surface area contributed by atoms with Gasteiger partial charge >= 0.3 is 6.09 Å². The Hall–Kier alpha value is -2.94. The number of amides is 3. The molecule has 1 rings (SSSR count). The van der Waals surface area contributed by atoms with Crippen molar-refractivity contribution in [2.24, 2.45) is 17.6 Å². The molecule has 1 aromatic rings. The van der Waals surface area contributed by atoms with Gasteiger partial charge in [0.15, 0.2) is 0 Å². The maximum absolute atomic E-state index is 12.9. The quantitative estimate of drug-likeness (QED) is 0.263. The van der Waals surface area contributed by atoms with Crippen molar-refractivity contribution in [1.82, 2.24) is 16.0 Å². The summed E-state index contributed by atoms with van der Waals surface area (Å²) in [6.45, 7) is 8.24. The Morgan fingerprint density at radius 3 is 2.31 bits per heavy atom. The molecule has 195 valence electrons. The van der Waals surface area contributed by atoms with Crippen molar-refractivity contribution < 1.29 is 23.9 Å². The summed E-state index contributed by atoms with van der Waals surface area (Å²) in [5.41, 5.74) is 6.87. The lowest BCUT2D eigenvalue weighted by atomic mass is 9.99. The van der Waals surface area contributed by atoms with Crippen molar-refractivity contribution >= 4 is 24.2 Å². The molecule has 0 saturated heterocycles. The third-order valence-electron chi connectivity index (χ3n) is 5.73. The standard InChI is InChI=1S/C26H41N4O5/c1-5-19(4)23(16-31)30-25(33)22(29-24(32)21(27)15-18(2)3)13-9-10-14-28-26(34)35-17-20-11-7-6-8-12-20/h6-8,11-12,18-19,21-23H,5,9-10,13-15,17,27H2,1-4H3,(H,28,34)(H,29,32)(H,30,33)/t19-,21-,22+,23+/m0/s1. The summed E-state index contributed by atoms with van der Waals surface area (Å²) < 4.78 is 5.17. The molecule has 0 bridgehead atoms. The third-order valence-corrected chi connectivity index (χ3v) is 5.73. The first kappa shape index (κ1) is 30.1. The molecule has 0 fully saturated rings. The predicted octanol–water partition coefficient (Wildman–Crippen LogP) is 2.58. The average molecular weight is 490 g/mol. The van der Waals surface area contributed by atoms with Crippen LogP contribution in [0.3, 0.4) is 0 Å². The lowest BCUT2D eigenvalue weighted by molar-refractivity contribution is -0.130. The van der Waals surface area contributed by atoms with Crippen molar-refractivity contribution in [2.75, 3.05) is 6.54 Å². The Morgan fingerprint density at radius 1 is 1.03 bits per heavy atom. The van der Waals surface area contributed by atoms with Gasteiger partial charge in [0.25, 0.3) is 0 Å². The number of hydrogen-bond donors (Lipinski definition) is 4. The highest BCUT2D eigenvalue weighted by molar-refractivity contribution is 5.90. The molecule has 9 nitrogen and oxygen atoms in total. The van der Waals surface area contributed by atoms with Gasteiger partial charge in [-0.2, -0.15) is 0 Å². The van der Waals surface area contributed by atoms with Gasteiger partial charge < -0.3 is 26.4 Å². The number of benzene rings is 1. The Balaban J connectivity index is 2.56. The van der Waals surface area contributed by atoms with E-state index in [1.165, 1.54) is 0 Å². The monoisotopic (exact) mass is 489 g/mol. The zero-order chi connectivity index (χ0) is 26.2. The number of nitrogens with one attached hydrogen (secondary N) is 3. The Kier molecular flexibility index (Phi) is 14.3. The van der Waals surface area contributed by atoms with E-state index in [2.05, 4.69) is 16.0 Å². The van der Waals surface area contributed by atoms with E-state index in [-0.39, 0.29) is 18.4 Å². The number of rotatable bonds is 16. The van der Waals surface area contributed by atoms with Gasteiger partial charge in [0, 0.05) is 6.54 Å². The first-order valence-corrected chi connectivity index (χ1v) is 12.4. The van der Waals surface area contributed by atoms with E-state index in [1.54, 1.807) is 0 Å². The van der Waals surface area contributed by atoms with Crippen LogP contribution >= 0.6 is 0 Å². The molecule has 0 aliphatic heterocycles. The van der Waals surface area contributed by atoms with E-state index in [1.807, 2.05) is 64.3 Å². The summed E-state index contributed by atoms with van der Waals surface area (Å²) in [7, 11) is 0. The number of nitrogens with two attached hydrogens (primary N) is 1. The van der Waals surface area contributed by atoms with E-state index in [0.717, 1.165) is 5.56 Å². The molecule has 9 heteroatoms. The zero-order valence-corrected chi connectivity index (χ0v) is 21.3. The van der Waals surface area contributed by atoms with Crippen LogP contribution in [0, 0.1) is 11.8 Å². The third kappa shape index (κ3) is 12.4. The summed E-state index contributed by atoms with van der Waals surface area (Å²) in [6, 6.07) is 7.05. The summed E-state index contributed by atoms with van der Waals surface area (Å²) in [5.74, 6) is -0.701. The Bertz CT molecular complexity index is 787. The van der Waals surface area contributed by atoms with Crippen LogP contribution in [0.1, 0.15) is 65.4 Å². The van der Waals surface area contributed by atoms with Crippen LogP contribution in [0.15, 0.2) is 30.3 Å². The molecule has 35 heavy (non-hydrogen) atoms. The number of carbonyl (C=O) groups is 3. The first-order valence-electron chi connectivity index (χ1n) is 12.4. The number of ether oxygens (including phenoxy) is 1. The Labute approximate surface area is 208 Å². The van der Waals surface area contributed by atoms with Crippen LogP contribution in [-0.4, -0.2) is 48.9 Å². The van der Waals surface area contributed by atoms with E-state index >= 15 is 0 Å². The molecule has 0 spiro atoms. The van der Waals surface area contributed by atoms with Crippen LogP contribution in [-0.2, 0) is 25.7 Å². The van der Waals surface area contributed by atoms with Crippen LogP contribution in [0.4, 0.5) is 4.79 Å². The molecule has 3 amide bonds. The predicted molar refractivity (Wildman–Crippen MR) is 135 cm³/mol. The molecule has 0 heterocycles. The first-order chi connectivity index (χ1) is 16.7. The van der Waals surface area contributed by atoms with Gasteiger partial charge in [-0.1, -0.05) is 64.4 Å². The van der Waals surface area contributed by atoms with E-state index in [4.69, 9.17) is 10.5 Å². The molecular weight excluding hydrogens is 448 g/mol. The fourth-order valence-corrected chi connectivity index (χ4v) is 3.38. The molecule has 0 aliphatic carbocycles. The van der Waals surface area contributed by atoms with Gasteiger partial charge in [-0.05, 0) is 43.1 Å². The molecule has 0 saturated carbocycles. The molecule has 5 N–H and O–H groups in total. The van der Waals surface area contributed by atoms with Crippen molar-refractivity contribution in [3.05, 3.63) is 35.9 Å². The Morgan fingerprint density at radius 2 is 1.71 bits per heavy atom. The van der Waals surface area contributed by atoms with Crippen molar-refractivity contribution in [1.29, 1.82) is 0 Å².